The van der Waals surface area contributed by atoms with Gasteiger partial charge in [0.05, 0.1) is 6.61 Å². The van der Waals surface area contributed by atoms with E-state index in [1.54, 1.807) is 6.08 Å². The van der Waals surface area contributed by atoms with Crippen molar-refractivity contribution in [2.24, 2.45) is 0 Å². The Morgan fingerprint density at radius 3 is 2.45 bits per heavy atom. The van der Waals surface area contributed by atoms with E-state index < -0.39 is 2.14 Å². The van der Waals surface area contributed by atoms with Crippen LogP contribution in [0.5, 0.6) is 5.75 Å². The molecule has 1 heterocycles. The predicted molar refractivity (Wildman–Crippen MR) is 98.5 cm³/mol. The Hall–Kier alpha value is -0.660. The molecule has 0 aliphatic carbocycles. The lowest BCUT2D eigenvalue weighted by Gasteiger charge is -2.04. The summed E-state index contributed by atoms with van der Waals surface area (Å²) < 4.78 is 10.4. The van der Waals surface area contributed by atoms with Crippen LogP contribution in [0.15, 0.2) is 28.7 Å². The standard InChI is InChI=1S/C15H15Br3N2O2/c1-2-3-10-21-12-7-4-11(5-8-12)6-9-13-19-20-14(22-13)15(16,17)18/h4-9H,2-3,10H2,1H3. The molecule has 0 atom stereocenters. The van der Waals surface area contributed by atoms with Crippen molar-refractivity contribution in [1.29, 1.82) is 0 Å². The third-order valence-corrected chi connectivity index (χ3v) is 3.77. The molecule has 0 aliphatic rings. The van der Waals surface area contributed by atoms with E-state index >= 15 is 0 Å². The van der Waals surface area contributed by atoms with Crippen molar-refractivity contribution >= 4 is 59.9 Å². The van der Waals surface area contributed by atoms with Gasteiger partial charge in [0.1, 0.15) is 5.75 Å². The number of nitrogens with zero attached hydrogens (tertiary/aromatic N) is 2. The summed E-state index contributed by atoms with van der Waals surface area (Å²) in [5.41, 5.74) is 1.03. The van der Waals surface area contributed by atoms with Crippen molar-refractivity contribution in [3.63, 3.8) is 0 Å². The molecule has 0 saturated carbocycles. The van der Waals surface area contributed by atoms with Crippen LogP contribution in [0.25, 0.3) is 12.2 Å². The van der Waals surface area contributed by atoms with Crippen LogP contribution < -0.4 is 4.74 Å². The van der Waals surface area contributed by atoms with Crippen molar-refractivity contribution in [2.75, 3.05) is 6.61 Å². The van der Waals surface area contributed by atoms with Gasteiger partial charge in [0.15, 0.2) is 0 Å². The van der Waals surface area contributed by atoms with E-state index in [0.29, 0.717) is 11.8 Å². The summed E-state index contributed by atoms with van der Waals surface area (Å²) in [6.45, 7) is 2.90. The number of unbranched alkanes of at least 4 members (excludes halogenated alkanes) is 1. The summed E-state index contributed by atoms with van der Waals surface area (Å²) in [5, 5.41) is 7.87. The summed E-state index contributed by atoms with van der Waals surface area (Å²) >= 11 is 9.99. The number of rotatable bonds is 6. The lowest BCUT2D eigenvalue weighted by Crippen LogP contribution is -1.97. The van der Waals surface area contributed by atoms with E-state index in [-0.39, 0.29) is 0 Å². The Morgan fingerprint density at radius 2 is 1.86 bits per heavy atom. The van der Waals surface area contributed by atoms with Crippen molar-refractivity contribution in [3.05, 3.63) is 41.6 Å². The van der Waals surface area contributed by atoms with Crippen LogP contribution >= 0.6 is 47.8 Å². The minimum Gasteiger partial charge on any atom is -0.494 e. The summed E-state index contributed by atoms with van der Waals surface area (Å²) in [5.74, 6) is 1.71. The molecule has 2 aromatic rings. The number of alkyl halides is 3. The van der Waals surface area contributed by atoms with E-state index in [9.17, 15) is 0 Å². The fraction of sp³-hybridized carbons (Fsp3) is 0.333. The molecule has 0 radical (unpaired) electrons. The number of benzene rings is 1. The van der Waals surface area contributed by atoms with Crippen molar-refractivity contribution in [2.45, 2.75) is 21.9 Å². The van der Waals surface area contributed by atoms with Crippen LogP contribution in [-0.2, 0) is 2.14 Å². The predicted octanol–water partition coefficient (Wildman–Crippen LogP) is 5.71. The Bertz CT molecular complexity index is 618. The van der Waals surface area contributed by atoms with Crippen molar-refractivity contribution in [3.8, 4) is 5.75 Å². The maximum atomic E-state index is 5.62. The Morgan fingerprint density at radius 1 is 1.14 bits per heavy atom. The van der Waals surface area contributed by atoms with Crippen LogP contribution in [0, 0.1) is 0 Å². The first-order valence-corrected chi connectivity index (χ1v) is 9.18. The van der Waals surface area contributed by atoms with Gasteiger partial charge in [0, 0.05) is 6.08 Å². The summed E-state index contributed by atoms with van der Waals surface area (Å²) in [6, 6.07) is 7.88. The smallest absolute Gasteiger partial charge is 0.255 e. The van der Waals surface area contributed by atoms with Gasteiger partial charge in [0.25, 0.3) is 5.89 Å². The summed E-state index contributed by atoms with van der Waals surface area (Å²) in [4.78, 5) is 0. The van der Waals surface area contributed by atoms with Crippen LogP contribution in [-0.4, -0.2) is 16.8 Å². The maximum Gasteiger partial charge on any atom is 0.255 e. The van der Waals surface area contributed by atoms with Gasteiger partial charge >= 0.3 is 0 Å². The first kappa shape index (κ1) is 17.7. The highest BCUT2D eigenvalue weighted by Gasteiger charge is 2.27. The maximum absolute atomic E-state index is 5.62. The summed E-state index contributed by atoms with van der Waals surface area (Å²) in [6.07, 6.45) is 5.87. The zero-order chi connectivity index (χ0) is 16.0. The van der Waals surface area contributed by atoms with E-state index in [4.69, 9.17) is 9.15 Å². The second-order valence-corrected chi connectivity index (χ2v) is 11.3. The molecule has 2 rings (SSSR count). The van der Waals surface area contributed by atoms with Crippen LogP contribution in [0.3, 0.4) is 0 Å². The molecule has 0 unspecified atom stereocenters. The van der Waals surface area contributed by atoms with Crippen LogP contribution in [0.4, 0.5) is 0 Å². The number of halogens is 3. The van der Waals surface area contributed by atoms with Gasteiger partial charge in [-0.15, -0.1) is 10.2 Å². The van der Waals surface area contributed by atoms with E-state index in [2.05, 4.69) is 64.9 Å². The molecule has 118 valence electrons. The Labute approximate surface area is 154 Å². The van der Waals surface area contributed by atoms with Gasteiger partial charge in [-0.2, -0.15) is 0 Å². The third-order valence-electron chi connectivity index (χ3n) is 2.75. The molecular weight excluding hydrogens is 480 g/mol. The topological polar surface area (TPSA) is 48.2 Å². The first-order chi connectivity index (χ1) is 10.5. The zero-order valence-electron chi connectivity index (χ0n) is 11.9. The van der Waals surface area contributed by atoms with Gasteiger partial charge in [-0.3, -0.25) is 0 Å². The molecule has 0 bridgehead atoms. The molecular formula is C15H15Br3N2O2. The fourth-order valence-electron chi connectivity index (χ4n) is 1.59. The van der Waals surface area contributed by atoms with Gasteiger partial charge in [-0.25, -0.2) is 0 Å². The van der Waals surface area contributed by atoms with Gasteiger partial charge in [-0.1, -0.05) is 25.5 Å². The largest absolute Gasteiger partial charge is 0.494 e. The fourth-order valence-corrected chi connectivity index (χ4v) is 2.07. The highest BCUT2D eigenvalue weighted by molar-refractivity contribution is 9.38. The average Bonchev–Trinajstić information content (AvgIpc) is 2.96. The van der Waals surface area contributed by atoms with E-state index in [1.165, 1.54) is 0 Å². The Kier molecular flexibility index (Phi) is 6.65. The highest BCUT2D eigenvalue weighted by Crippen LogP contribution is 2.43. The van der Waals surface area contributed by atoms with Crippen molar-refractivity contribution < 1.29 is 9.15 Å². The lowest BCUT2D eigenvalue weighted by molar-refractivity contribution is 0.309. The third kappa shape index (κ3) is 5.52. The molecule has 0 spiro atoms. The number of aromatic nitrogens is 2. The average molecular weight is 495 g/mol. The van der Waals surface area contributed by atoms with Crippen LogP contribution in [0.1, 0.15) is 37.1 Å². The monoisotopic (exact) mass is 492 g/mol. The second kappa shape index (κ2) is 8.26. The van der Waals surface area contributed by atoms with E-state index in [1.807, 2.05) is 30.3 Å². The highest BCUT2D eigenvalue weighted by atomic mass is 80.0. The Balaban J connectivity index is 1.97. The van der Waals surface area contributed by atoms with Crippen LogP contribution in [0.2, 0.25) is 0 Å². The molecule has 0 N–H and O–H groups in total. The van der Waals surface area contributed by atoms with Crippen molar-refractivity contribution in [1.82, 2.24) is 10.2 Å². The molecule has 4 nitrogen and oxygen atoms in total. The molecule has 1 aromatic heterocycles. The molecule has 7 heteroatoms. The molecule has 0 aliphatic heterocycles. The number of hydrogen-bond acceptors (Lipinski definition) is 4. The zero-order valence-corrected chi connectivity index (χ0v) is 16.7. The molecule has 0 amide bonds. The molecule has 0 fully saturated rings. The lowest BCUT2D eigenvalue weighted by atomic mass is 10.2. The summed E-state index contributed by atoms with van der Waals surface area (Å²) in [7, 11) is 0. The molecule has 22 heavy (non-hydrogen) atoms. The van der Waals surface area contributed by atoms with Gasteiger partial charge in [0.2, 0.25) is 8.03 Å². The molecule has 0 saturated heterocycles. The minimum atomic E-state index is -0.691. The quantitative estimate of drug-likeness (QED) is 0.381. The second-order valence-electron chi connectivity index (χ2n) is 4.55. The normalized spacial score (nSPS) is 12.0. The molecule has 1 aromatic carbocycles. The van der Waals surface area contributed by atoms with E-state index in [0.717, 1.165) is 30.8 Å². The number of ether oxygens (including phenoxy) is 1. The van der Waals surface area contributed by atoms with Gasteiger partial charge < -0.3 is 9.15 Å². The first-order valence-electron chi connectivity index (χ1n) is 6.80. The minimum absolute atomic E-state index is 0.395. The number of hydrogen-bond donors (Lipinski definition) is 0. The SMILES string of the molecule is CCCCOc1ccc(C=Cc2nnc(C(Br)(Br)Br)o2)cc1. The van der Waals surface area contributed by atoms with Gasteiger partial charge in [-0.05, 0) is 78.0 Å².